The van der Waals surface area contributed by atoms with Crippen LogP contribution in [0.4, 0.5) is 0 Å². The Hall–Kier alpha value is -0.870. The van der Waals surface area contributed by atoms with Crippen molar-refractivity contribution >= 4 is 17.2 Å². The number of aryl methyl sites for hydroxylation is 2. The average Bonchev–Trinajstić information content (AvgIpc) is 2.80. The van der Waals surface area contributed by atoms with Gasteiger partial charge >= 0.3 is 0 Å². The molecule has 1 saturated heterocycles. The third-order valence-electron chi connectivity index (χ3n) is 4.05. The van der Waals surface area contributed by atoms with Crippen molar-refractivity contribution in [2.75, 3.05) is 13.1 Å². The van der Waals surface area contributed by atoms with Gasteiger partial charge in [-0.3, -0.25) is 4.79 Å². The predicted molar refractivity (Wildman–Crippen MR) is 78.9 cm³/mol. The molecule has 2 unspecified atom stereocenters. The molecular formula is C15H22N2OS. The van der Waals surface area contributed by atoms with Crippen LogP contribution in [0.25, 0.3) is 0 Å². The summed E-state index contributed by atoms with van der Waals surface area (Å²) in [6, 6.07) is 2.93. The van der Waals surface area contributed by atoms with Crippen molar-refractivity contribution in [1.29, 1.82) is 0 Å². The van der Waals surface area contributed by atoms with Gasteiger partial charge in [-0.1, -0.05) is 0 Å². The second-order valence-electron chi connectivity index (χ2n) is 5.95. The average molecular weight is 278 g/mol. The molecule has 0 aromatic carbocycles. The van der Waals surface area contributed by atoms with Crippen LogP contribution in [0.1, 0.15) is 46.8 Å². The van der Waals surface area contributed by atoms with Crippen molar-refractivity contribution in [2.45, 2.75) is 51.6 Å². The monoisotopic (exact) mass is 278 g/mol. The molecule has 104 valence electrons. The highest BCUT2D eigenvalue weighted by Crippen LogP contribution is 2.30. The lowest BCUT2D eigenvalue weighted by atomic mass is 9.99. The standard InChI is InChI=1S/C15H22N2OS/c1-10-8-17(9-11(2)16-10)15(18)14-7-12-5-3-4-6-13(12)19-14/h7,10-11,16H,3-6,8-9H2,1-2H3. The maximum atomic E-state index is 12.6. The van der Waals surface area contributed by atoms with Crippen molar-refractivity contribution in [3.63, 3.8) is 0 Å². The van der Waals surface area contributed by atoms with E-state index in [1.54, 1.807) is 11.3 Å². The smallest absolute Gasteiger partial charge is 0.264 e. The highest BCUT2D eigenvalue weighted by atomic mass is 32.1. The summed E-state index contributed by atoms with van der Waals surface area (Å²) >= 11 is 1.73. The summed E-state index contributed by atoms with van der Waals surface area (Å²) in [5.41, 5.74) is 1.43. The van der Waals surface area contributed by atoms with Crippen molar-refractivity contribution in [1.82, 2.24) is 10.2 Å². The van der Waals surface area contributed by atoms with Gasteiger partial charge in [0.25, 0.3) is 5.91 Å². The minimum atomic E-state index is 0.236. The number of piperazine rings is 1. The largest absolute Gasteiger partial charge is 0.335 e. The number of carbonyl (C=O) groups is 1. The van der Waals surface area contributed by atoms with Gasteiger partial charge in [-0.2, -0.15) is 0 Å². The quantitative estimate of drug-likeness (QED) is 0.856. The van der Waals surface area contributed by atoms with Crippen LogP contribution in [-0.2, 0) is 12.8 Å². The Morgan fingerprint density at radius 1 is 1.26 bits per heavy atom. The molecule has 1 amide bonds. The zero-order chi connectivity index (χ0) is 13.4. The second kappa shape index (κ2) is 5.25. The highest BCUT2D eigenvalue weighted by molar-refractivity contribution is 7.14. The van der Waals surface area contributed by atoms with E-state index in [0.717, 1.165) is 24.4 Å². The van der Waals surface area contributed by atoms with Crippen LogP contribution >= 0.6 is 11.3 Å². The van der Waals surface area contributed by atoms with Crippen LogP contribution in [0.15, 0.2) is 6.07 Å². The molecule has 1 aliphatic heterocycles. The van der Waals surface area contributed by atoms with E-state index in [1.807, 2.05) is 4.90 Å². The van der Waals surface area contributed by atoms with Gasteiger partial charge in [-0.25, -0.2) is 0 Å². The van der Waals surface area contributed by atoms with Gasteiger partial charge in [0.05, 0.1) is 4.88 Å². The summed E-state index contributed by atoms with van der Waals surface area (Å²) in [5, 5.41) is 3.47. The zero-order valence-corrected chi connectivity index (χ0v) is 12.6. The fourth-order valence-corrected chi connectivity index (χ4v) is 4.47. The van der Waals surface area contributed by atoms with Crippen LogP contribution in [0.5, 0.6) is 0 Å². The van der Waals surface area contributed by atoms with Crippen molar-refractivity contribution in [2.24, 2.45) is 0 Å². The molecule has 2 aliphatic rings. The molecule has 3 rings (SSSR count). The molecule has 3 nitrogen and oxygen atoms in total. The molecule has 1 aromatic rings. The van der Waals surface area contributed by atoms with Gasteiger partial charge in [0.2, 0.25) is 0 Å². The van der Waals surface area contributed by atoms with E-state index in [9.17, 15) is 4.79 Å². The van der Waals surface area contributed by atoms with Crippen molar-refractivity contribution in [3.8, 4) is 0 Å². The number of nitrogens with zero attached hydrogens (tertiary/aromatic N) is 1. The summed E-state index contributed by atoms with van der Waals surface area (Å²) in [5.74, 6) is 0.236. The number of fused-ring (bicyclic) bond motifs is 1. The zero-order valence-electron chi connectivity index (χ0n) is 11.7. The van der Waals surface area contributed by atoms with Gasteiger partial charge in [0, 0.05) is 30.1 Å². The molecule has 2 heterocycles. The number of carbonyl (C=O) groups excluding carboxylic acids is 1. The molecule has 0 radical (unpaired) electrons. The fraction of sp³-hybridized carbons (Fsp3) is 0.667. The summed E-state index contributed by atoms with van der Waals surface area (Å²) in [4.78, 5) is 17.0. The number of thiophene rings is 1. The molecule has 0 spiro atoms. The molecule has 4 heteroatoms. The van der Waals surface area contributed by atoms with Gasteiger partial charge < -0.3 is 10.2 Å². The molecule has 0 bridgehead atoms. The first-order valence-electron chi connectivity index (χ1n) is 7.30. The SMILES string of the molecule is CC1CN(C(=O)c2cc3c(s2)CCCC3)CC(C)N1. The normalized spacial score (nSPS) is 27.2. The third kappa shape index (κ3) is 2.70. The van der Waals surface area contributed by atoms with Crippen LogP contribution in [0.3, 0.4) is 0 Å². The van der Waals surface area contributed by atoms with Crippen molar-refractivity contribution < 1.29 is 4.79 Å². The van der Waals surface area contributed by atoms with E-state index in [4.69, 9.17) is 0 Å². The Bertz CT molecular complexity index is 449. The minimum Gasteiger partial charge on any atom is -0.335 e. The van der Waals surface area contributed by atoms with E-state index >= 15 is 0 Å². The topological polar surface area (TPSA) is 32.3 Å². The molecular weight excluding hydrogens is 256 g/mol. The van der Waals surface area contributed by atoms with Crippen molar-refractivity contribution in [3.05, 3.63) is 21.4 Å². The maximum absolute atomic E-state index is 12.6. The van der Waals surface area contributed by atoms with E-state index in [1.165, 1.54) is 29.7 Å². The Kier molecular flexibility index (Phi) is 3.63. The van der Waals surface area contributed by atoms with Gasteiger partial charge in [-0.05, 0) is 51.2 Å². The molecule has 19 heavy (non-hydrogen) atoms. The lowest BCUT2D eigenvalue weighted by Gasteiger charge is -2.35. The predicted octanol–water partition coefficient (Wildman–Crippen LogP) is 2.45. The Balaban J connectivity index is 1.77. The van der Waals surface area contributed by atoms with Gasteiger partial charge in [-0.15, -0.1) is 11.3 Å². The Morgan fingerprint density at radius 3 is 2.63 bits per heavy atom. The number of rotatable bonds is 1. The molecule has 2 atom stereocenters. The lowest BCUT2D eigenvalue weighted by molar-refractivity contribution is 0.0678. The van der Waals surface area contributed by atoms with Gasteiger partial charge in [0.15, 0.2) is 0 Å². The first-order chi connectivity index (χ1) is 9.13. The van der Waals surface area contributed by atoms with Crippen LogP contribution in [0, 0.1) is 0 Å². The fourth-order valence-electron chi connectivity index (χ4n) is 3.24. The molecule has 0 saturated carbocycles. The summed E-state index contributed by atoms with van der Waals surface area (Å²) in [6.07, 6.45) is 4.89. The molecule has 1 fully saturated rings. The first-order valence-corrected chi connectivity index (χ1v) is 8.12. The number of amides is 1. The van der Waals surface area contributed by atoms with Gasteiger partial charge in [0.1, 0.15) is 0 Å². The molecule has 1 N–H and O–H groups in total. The highest BCUT2D eigenvalue weighted by Gasteiger charge is 2.27. The summed E-state index contributed by atoms with van der Waals surface area (Å²) < 4.78 is 0. The lowest BCUT2D eigenvalue weighted by Crippen LogP contribution is -2.55. The summed E-state index contributed by atoms with van der Waals surface area (Å²) in [7, 11) is 0. The molecule has 1 aliphatic carbocycles. The molecule has 1 aromatic heterocycles. The number of hydrogen-bond acceptors (Lipinski definition) is 3. The number of nitrogens with one attached hydrogen (secondary N) is 1. The Labute approximate surface area is 119 Å². The minimum absolute atomic E-state index is 0.236. The van der Waals surface area contributed by atoms with Crippen LogP contribution < -0.4 is 5.32 Å². The van der Waals surface area contributed by atoms with E-state index < -0.39 is 0 Å². The van der Waals surface area contributed by atoms with E-state index in [0.29, 0.717) is 12.1 Å². The Morgan fingerprint density at radius 2 is 1.95 bits per heavy atom. The first kappa shape index (κ1) is 13.1. The van der Waals surface area contributed by atoms with Crippen LogP contribution in [0.2, 0.25) is 0 Å². The third-order valence-corrected chi connectivity index (χ3v) is 5.28. The van der Waals surface area contributed by atoms with E-state index in [2.05, 4.69) is 25.2 Å². The summed E-state index contributed by atoms with van der Waals surface area (Å²) in [6.45, 7) is 5.95. The number of hydrogen-bond donors (Lipinski definition) is 1. The van der Waals surface area contributed by atoms with E-state index in [-0.39, 0.29) is 5.91 Å². The second-order valence-corrected chi connectivity index (χ2v) is 7.08. The maximum Gasteiger partial charge on any atom is 0.264 e. The van der Waals surface area contributed by atoms with Crippen LogP contribution in [-0.4, -0.2) is 36.0 Å².